The van der Waals surface area contributed by atoms with Gasteiger partial charge in [0.2, 0.25) is 0 Å². The largest absolute Gasteiger partial charge is 0.378 e. The molecule has 2 aromatic rings. The van der Waals surface area contributed by atoms with Crippen LogP contribution in [0.3, 0.4) is 0 Å². The van der Waals surface area contributed by atoms with Gasteiger partial charge < -0.3 is 15.4 Å². The maximum Gasteiger partial charge on any atom is 0.131 e. The van der Waals surface area contributed by atoms with E-state index in [1.807, 2.05) is 24.4 Å². The molecule has 4 heteroatoms. The highest BCUT2D eigenvalue weighted by molar-refractivity contribution is 5.49. The zero-order chi connectivity index (χ0) is 14.7. The molecular weight excluding hydrogens is 262 g/mol. The molecule has 4 nitrogen and oxygen atoms in total. The minimum atomic E-state index is -0.129. The molecule has 0 aliphatic carbocycles. The van der Waals surface area contributed by atoms with E-state index in [0.29, 0.717) is 0 Å². The van der Waals surface area contributed by atoms with Crippen molar-refractivity contribution in [1.82, 2.24) is 4.98 Å². The molecule has 1 saturated heterocycles. The smallest absolute Gasteiger partial charge is 0.131 e. The zero-order valence-corrected chi connectivity index (χ0v) is 12.3. The predicted molar refractivity (Wildman–Crippen MR) is 84.5 cm³/mol. The molecule has 2 N–H and O–H groups in total. The highest BCUT2D eigenvalue weighted by Gasteiger charge is 2.16. The Bertz CT molecular complexity index is 594. The molecule has 21 heavy (non-hydrogen) atoms. The summed E-state index contributed by atoms with van der Waals surface area (Å²) in [7, 11) is 0. The van der Waals surface area contributed by atoms with Crippen molar-refractivity contribution in [2.45, 2.75) is 13.0 Å². The number of pyridine rings is 1. The fraction of sp³-hybridized carbons (Fsp3) is 0.353. The van der Waals surface area contributed by atoms with E-state index in [9.17, 15) is 0 Å². The number of ether oxygens (including phenoxy) is 1. The molecule has 0 amide bonds. The first-order chi connectivity index (χ1) is 10.3. The van der Waals surface area contributed by atoms with Gasteiger partial charge in [-0.2, -0.15) is 0 Å². The van der Waals surface area contributed by atoms with E-state index in [1.54, 1.807) is 0 Å². The van der Waals surface area contributed by atoms with Crippen molar-refractivity contribution < 1.29 is 4.74 Å². The molecule has 2 heterocycles. The summed E-state index contributed by atoms with van der Waals surface area (Å²) in [4.78, 5) is 6.91. The first kappa shape index (κ1) is 14.0. The van der Waals surface area contributed by atoms with Crippen molar-refractivity contribution in [3.63, 3.8) is 0 Å². The second-order valence-corrected chi connectivity index (χ2v) is 5.40. The Morgan fingerprint density at radius 2 is 1.86 bits per heavy atom. The molecule has 1 atom stereocenters. The normalized spacial score (nSPS) is 16.8. The van der Waals surface area contributed by atoms with Crippen molar-refractivity contribution in [2.75, 3.05) is 31.2 Å². The van der Waals surface area contributed by atoms with Gasteiger partial charge in [0.05, 0.1) is 19.3 Å². The second-order valence-electron chi connectivity index (χ2n) is 5.40. The van der Waals surface area contributed by atoms with Crippen molar-refractivity contribution in [3.05, 3.63) is 59.3 Å². The van der Waals surface area contributed by atoms with E-state index in [4.69, 9.17) is 10.5 Å². The van der Waals surface area contributed by atoms with Crippen molar-refractivity contribution in [2.24, 2.45) is 5.73 Å². The van der Waals surface area contributed by atoms with E-state index in [0.717, 1.165) is 43.2 Å². The number of nitrogens with two attached hydrogens (primary N) is 1. The van der Waals surface area contributed by atoms with Gasteiger partial charge in [0.1, 0.15) is 5.82 Å². The van der Waals surface area contributed by atoms with E-state index in [-0.39, 0.29) is 6.04 Å². The van der Waals surface area contributed by atoms with Gasteiger partial charge in [0.25, 0.3) is 0 Å². The van der Waals surface area contributed by atoms with E-state index >= 15 is 0 Å². The molecular formula is C17H21N3O. The van der Waals surface area contributed by atoms with Gasteiger partial charge in [-0.3, -0.25) is 0 Å². The van der Waals surface area contributed by atoms with Crippen LogP contribution >= 0.6 is 0 Å². The molecule has 1 aliphatic rings. The maximum atomic E-state index is 6.34. The molecule has 0 radical (unpaired) electrons. The number of aromatic nitrogens is 1. The van der Waals surface area contributed by atoms with Crippen LogP contribution in [0.15, 0.2) is 42.6 Å². The molecule has 1 aromatic heterocycles. The maximum absolute atomic E-state index is 6.34. The van der Waals surface area contributed by atoms with Gasteiger partial charge in [-0.15, -0.1) is 0 Å². The van der Waals surface area contributed by atoms with Crippen LogP contribution in [0.2, 0.25) is 0 Å². The zero-order valence-electron chi connectivity index (χ0n) is 12.3. The van der Waals surface area contributed by atoms with Crippen LogP contribution in [-0.2, 0) is 4.74 Å². The summed E-state index contributed by atoms with van der Waals surface area (Å²) in [5.41, 5.74) is 9.67. The molecule has 1 aromatic carbocycles. The summed E-state index contributed by atoms with van der Waals surface area (Å²) in [6.07, 6.45) is 1.90. The molecule has 3 rings (SSSR count). The number of hydrogen-bond acceptors (Lipinski definition) is 4. The van der Waals surface area contributed by atoms with Crippen LogP contribution in [0.5, 0.6) is 0 Å². The Morgan fingerprint density at radius 3 is 2.52 bits per heavy atom. The second kappa shape index (κ2) is 6.24. The van der Waals surface area contributed by atoms with E-state index in [1.165, 1.54) is 5.56 Å². The predicted octanol–water partition coefficient (Wildman–Crippen LogP) is 2.27. The third-order valence-corrected chi connectivity index (χ3v) is 3.90. The average molecular weight is 283 g/mol. The van der Waals surface area contributed by atoms with Crippen molar-refractivity contribution >= 4 is 5.82 Å². The summed E-state index contributed by atoms with van der Waals surface area (Å²) < 4.78 is 5.39. The standard InChI is InChI=1S/C17H21N3O/c1-13-11-15(16(18)14-5-3-2-4-6-14)12-19-17(13)20-7-9-21-10-8-20/h2-6,11-12,16H,7-10,18H2,1H3/t16-/m0/s1. The van der Waals surface area contributed by atoms with Gasteiger partial charge in [-0.25, -0.2) is 4.98 Å². The summed E-state index contributed by atoms with van der Waals surface area (Å²) in [6, 6.07) is 12.1. The fourth-order valence-electron chi connectivity index (χ4n) is 2.72. The van der Waals surface area contributed by atoms with Gasteiger partial charge in [0.15, 0.2) is 0 Å². The number of nitrogens with zero attached hydrogens (tertiary/aromatic N) is 2. The number of rotatable bonds is 3. The van der Waals surface area contributed by atoms with Crippen molar-refractivity contribution in [1.29, 1.82) is 0 Å². The molecule has 1 aliphatic heterocycles. The average Bonchev–Trinajstić information content (AvgIpc) is 2.55. The highest BCUT2D eigenvalue weighted by atomic mass is 16.5. The Hall–Kier alpha value is -1.91. The number of hydrogen-bond donors (Lipinski definition) is 1. The SMILES string of the molecule is Cc1cc([C@@H](N)c2ccccc2)cnc1N1CCOCC1. The number of anilines is 1. The first-order valence-electron chi connectivity index (χ1n) is 7.35. The topological polar surface area (TPSA) is 51.4 Å². The summed E-state index contributed by atoms with van der Waals surface area (Å²) in [6.45, 7) is 5.44. The van der Waals surface area contributed by atoms with E-state index in [2.05, 4.69) is 35.0 Å². The first-order valence-corrected chi connectivity index (χ1v) is 7.35. The van der Waals surface area contributed by atoms with Crippen LogP contribution in [0.1, 0.15) is 22.7 Å². The third-order valence-electron chi connectivity index (χ3n) is 3.90. The summed E-state index contributed by atoms with van der Waals surface area (Å²) in [5, 5.41) is 0. The van der Waals surface area contributed by atoms with Crippen LogP contribution in [0.25, 0.3) is 0 Å². The summed E-state index contributed by atoms with van der Waals surface area (Å²) in [5.74, 6) is 1.04. The lowest BCUT2D eigenvalue weighted by molar-refractivity contribution is 0.122. The Labute approximate surface area is 125 Å². The Kier molecular flexibility index (Phi) is 4.18. The number of aryl methyl sites for hydroxylation is 1. The molecule has 0 spiro atoms. The van der Waals surface area contributed by atoms with Gasteiger partial charge in [-0.1, -0.05) is 30.3 Å². The molecule has 0 unspecified atom stereocenters. The Balaban J connectivity index is 1.83. The third kappa shape index (κ3) is 3.06. The number of benzene rings is 1. The highest BCUT2D eigenvalue weighted by Crippen LogP contribution is 2.24. The van der Waals surface area contributed by atoms with Gasteiger partial charge in [0, 0.05) is 19.3 Å². The quantitative estimate of drug-likeness (QED) is 0.939. The Morgan fingerprint density at radius 1 is 1.14 bits per heavy atom. The molecule has 1 fully saturated rings. The lowest BCUT2D eigenvalue weighted by Gasteiger charge is -2.29. The van der Waals surface area contributed by atoms with Crippen LogP contribution in [0, 0.1) is 6.92 Å². The minimum absolute atomic E-state index is 0.129. The molecule has 110 valence electrons. The fourth-order valence-corrected chi connectivity index (χ4v) is 2.72. The van der Waals surface area contributed by atoms with Crippen molar-refractivity contribution in [3.8, 4) is 0 Å². The lowest BCUT2D eigenvalue weighted by Crippen LogP contribution is -2.37. The van der Waals surface area contributed by atoms with Crippen LogP contribution in [-0.4, -0.2) is 31.3 Å². The van der Waals surface area contributed by atoms with Crippen LogP contribution in [0.4, 0.5) is 5.82 Å². The number of morpholine rings is 1. The summed E-state index contributed by atoms with van der Waals surface area (Å²) >= 11 is 0. The van der Waals surface area contributed by atoms with Gasteiger partial charge in [-0.05, 0) is 29.7 Å². The monoisotopic (exact) mass is 283 g/mol. The molecule has 0 bridgehead atoms. The minimum Gasteiger partial charge on any atom is -0.378 e. The lowest BCUT2D eigenvalue weighted by atomic mass is 10.00. The van der Waals surface area contributed by atoms with Crippen LogP contribution < -0.4 is 10.6 Å². The van der Waals surface area contributed by atoms with Gasteiger partial charge >= 0.3 is 0 Å². The van der Waals surface area contributed by atoms with E-state index < -0.39 is 0 Å². The molecule has 0 saturated carbocycles.